The second-order valence-corrected chi connectivity index (χ2v) is 10.7. The van der Waals surface area contributed by atoms with Crippen molar-refractivity contribution in [2.75, 3.05) is 24.6 Å². The van der Waals surface area contributed by atoms with Crippen molar-refractivity contribution in [2.45, 2.75) is 50.6 Å². The maximum absolute atomic E-state index is 12.3. The van der Waals surface area contributed by atoms with E-state index in [-0.39, 0.29) is 37.5 Å². The SMILES string of the molecule is CC(C#N)(CCC(=O)N1CCSC1=S)/N=N\C(C)(C#N)CCC(=O)N1CCSC1=S. The van der Waals surface area contributed by atoms with E-state index in [1.165, 1.54) is 23.5 Å². The van der Waals surface area contributed by atoms with Crippen LogP contribution >= 0.6 is 48.0 Å². The van der Waals surface area contributed by atoms with Gasteiger partial charge in [0.2, 0.25) is 11.8 Å². The predicted molar refractivity (Wildman–Crippen MR) is 125 cm³/mol. The van der Waals surface area contributed by atoms with Gasteiger partial charge in [-0.3, -0.25) is 19.4 Å². The van der Waals surface area contributed by atoms with Gasteiger partial charge in [-0.25, -0.2) is 0 Å². The van der Waals surface area contributed by atoms with Gasteiger partial charge in [0.05, 0.1) is 12.1 Å². The summed E-state index contributed by atoms with van der Waals surface area (Å²) in [6.45, 7) is 4.30. The van der Waals surface area contributed by atoms with Crippen LogP contribution in [-0.2, 0) is 9.59 Å². The van der Waals surface area contributed by atoms with E-state index in [1.54, 1.807) is 23.6 Å². The van der Waals surface area contributed by atoms with Crippen molar-refractivity contribution in [3.63, 3.8) is 0 Å². The monoisotopic (exact) mass is 482 g/mol. The highest BCUT2D eigenvalue weighted by Gasteiger charge is 2.32. The van der Waals surface area contributed by atoms with Crippen LogP contribution in [0, 0.1) is 22.7 Å². The Bertz CT molecular complexity index is 783. The molecule has 2 fully saturated rings. The summed E-state index contributed by atoms with van der Waals surface area (Å²) in [6.07, 6.45) is 0.538. The standard InChI is InChI=1S/C18H22N6O2S4/c1-17(11-19,5-3-13(25)23-7-9-29-15(23)27)21-22-18(2,12-20)6-4-14(26)24-8-10-30-16(24)28/h3-10H2,1-2H3/b22-21-. The van der Waals surface area contributed by atoms with Crippen LogP contribution in [0.25, 0.3) is 0 Å². The lowest BCUT2D eigenvalue weighted by atomic mass is 9.97. The van der Waals surface area contributed by atoms with E-state index < -0.39 is 11.1 Å². The van der Waals surface area contributed by atoms with E-state index in [1.807, 2.05) is 0 Å². The van der Waals surface area contributed by atoms with Crippen LogP contribution in [0.1, 0.15) is 39.5 Å². The molecule has 0 N–H and O–H groups in total. The first-order valence-electron chi connectivity index (χ1n) is 9.34. The smallest absolute Gasteiger partial charge is 0.228 e. The molecular weight excluding hydrogens is 461 g/mol. The van der Waals surface area contributed by atoms with Crippen molar-refractivity contribution in [2.24, 2.45) is 10.2 Å². The summed E-state index contributed by atoms with van der Waals surface area (Å²) in [5.74, 6) is 1.27. The Kier molecular flexibility index (Phi) is 8.73. The maximum atomic E-state index is 12.3. The lowest BCUT2D eigenvalue weighted by molar-refractivity contribution is -0.128. The normalized spacial score (nSPS) is 20.7. The summed E-state index contributed by atoms with van der Waals surface area (Å²) < 4.78 is 1.11. The average molecular weight is 483 g/mol. The summed E-state index contributed by atoms with van der Waals surface area (Å²) in [5.41, 5.74) is -2.50. The highest BCUT2D eigenvalue weighted by atomic mass is 32.2. The number of amides is 2. The molecule has 8 nitrogen and oxygen atoms in total. The van der Waals surface area contributed by atoms with Crippen molar-refractivity contribution in [1.29, 1.82) is 10.5 Å². The topological polar surface area (TPSA) is 113 Å². The molecule has 2 aliphatic rings. The van der Waals surface area contributed by atoms with Crippen LogP contribution in [0.3, 0.4) is 0 Å². The van der Waals surface area contributed by atoms with E-state index in [2.05, 4.69) is 22.4 Å². The number of hydrogen-bond donors (Lipinski definition) is 0. The minimum atomic E-state index is -1.25. The quantitative estimate of drug-likeness (QED) is 0.383. The number of rotatable bonds is 8. The first kappa shape index (κ1) is 24.7. The second-order valence-electron chi connectivity index (χ2n) is 7.29. The van der Waals surface area contributed by atoms with Crippen molar-refractivity contribution in [3.05, 3.63) is 0 Å². The zero-order valence-electron chi connectivity index (χ0n) is 16.8. The Labute approximate surface area is 195 Å². The summed E-state index contributed by atoms with van der Waals surface area (Å²) >= 11 is 13.2. The molecule has 30 heavy (non-hydrogen) atoms. The third-order valence-corrected chi connectivity index (χ3v) is 7.60. The molecule has 0 spiro atoms. The highest BCUT2D eigenvalue weighted by Crippen LogP contribution is 2.26. The minimum Gasteiger partial charge on any atom is -0.297 e. The van der Waals surface area contributed by atoms with Crippen LogP contribution in [0.5, 0.6) is 0 Å². The number of hydrogen-bond acceptors (Lipinski definition) is 10. The summed E-state index contributed by atoms with van der Waals surface area (Å²) in [5, 5.41) is 27.3. The molecule has 2 amide bonds. The Morgan fingerprint density at radius 2 is 1.30 bits per heavy atom. The molecule has 0 saturated carbocycles. The van der Waals surface area contributed by atoms with Gasteiger partial charge in [0.1, 0.15) is 8.64 Å². The fourth-order valence-electron chi connectivity index (χ4n) is 2.69. The van der Waals surface area contributed by atoms with Crippen LogP contribution in [0.15, 0.2) is 10.2 Å². The minimum absolute atomic E-state index is 0.107. The molecule has 2 unspecified atom stereocenters. The number of thiocarbonyl (C=S) groups is 2. The molecule has 0 aromatic rings. The molecule has 0 radical (unpaired) electrons. The Morgan fingerprint density at radius 1 is 0.933 bits per heavy atom. The lowest BCUT2D eigenvalue weighted by Crippen LogP contribution is -2.33. The van der Waals surface area contributed by atoms with Gasteiger partial charge in [0.25, 0.3) is 0 Å². The number of thioether (sulfide) groups is 2. The fourth-order valence-corrected chi connectivity index (χ4v) is 5.17. The van der Waals surface area contributed by atoms with E-state index in [0.29, 0.717) is 21.7 Å². The Morgan fingerprint density at radius 3 is 1.57 bits per heavy atom. The third kappa shape index (κ3) is 6.45. The van der Waals surface area contributed by atoms with Gasteiger partial charge in [-0.15, -0.1) is 0 Å². The van der Waals surface area contributed by atoms with Gasteiger partial charge in [-0.2, -0.15) is 20.8 Å². The molecular formula is C18H22N6O2S4. The zero-order chi connectivity index (χ0) is 22.4. The van der Waals surface area contributed by atoms with Crippen LogP contribution in [0.4, 0.5) is 0 Å². The first-order valence-corrected chi connectivity index (χ1v) is 12.1. The second kappa shape index (κ2) is 10.6. The molecule has 0 aliphatic carbocycles. The summed E-state index contributed by atoms with van der Waals surface area (Å²) in [6, 6.07) is 4.15. The molecule has 160 valence electrons. The number of nitriles is 2. The van der Waals surface area contributed by atoms with Gasteiger partial charge >= 0.3 is 0 Å². The molecule has 12 heteroatoms. The number of carbonyl (C=O) groups is 2. The van der Waals surface area contributed by atoms with Crippen LogP contribution in [-0.4, -0.2) is 65.9 Å². The van der Waals surface area contributed by atoms with Gasteiger partial charge in [0, 0.05) is 37.4 Å². The van der Waals surface area contributed by atoms with Crippen molar-refractivity contribution in [1.82, 2.24) is 9.80 Å². The largest absolute Gasteiger partial charge is 0.297 e. The predicted octanol–water partition coefficient (Wildman–Crippen LogP) is 3.28. The molecule has 2 saturated heterocycles. The van der Waals surface area contributed by atoms with Gasteiger partial charge in [-0.05, 0) is 26.7 Å². The Balaban J connectivity index is 1.95. The summed E-state index contributed by atoms with van der Waals surface area (Å²) in [7, 11) is 0. The number of azo groups is 1. The zero-order valence-corrected chi connectivity index (χ0v) is 20.1. The van der Waals surface area contributed by atoms with Crippen LogP contribution in [0.2, 0.25) is 0 Å². The van der Waals surface area contributed by atoms with Crippen molar-refractivity contribution < 1.29 is 9.59 Å². The fraction of sp³-hybridized carbons (Fsp3) is 0.667. The molecule has 0 bridgehead atoms. The van der Waals surface area contributed by atoms with E-state index in [0.717, 1.165) is 11.5 Å². The average Bonchev–Trinajstić information content (AvgIpc) is 3.36. The van der Waals surface area contributed by atoms with Crippen molar-refractivity contribution >= 4 is 68.4 Å². The van der Waals surface area contributed by atoms with Crippen LogP contribution < -0.4 is 0 Å². The van der Waals surface area contributed by atoms with Gasteiger partial charge < -0.3 is 0 Å². The molecule has 2 heterocycles. The molecule has 2 aliphatic heterocycles. The lowest BCUT2D eigenvalue weighted by Gasteiger charge is -2.21. The number of nitrogens with zero attached hydrogens (tertiary/aromatic N) is 6. The molecule has 0 aromatic carbocycles. The third-order valence-electron chi connectivity index (χ3n) is 4.75. The number of carbonyl (C=O) groups excluding carboxylic acids is 2. The van der Waals surface area contributed by atoms with Gasteiger partial charge in [-0.1, -0.05) is 48.0 Å². The molecule has 0 aromatic heterocycles. The van der Waals surface area contributed by atoms with E-state index in [9.17, 15) is 20.1 Å². The van der Waals surface area contributed by atoms with E-state index >= 15 is 0 Å². The van der Waals surface area contributed by atoms with Gasteiger partial charge in [0.15, 0.2) is 11.1 Å². The maximum Gasteiger partial charge on any atom is 0.228 e. The highest BCUT2D eigenvalue weighted by molar-refractivity contribution is 8.23. The molecule has 2 rings (SSSR count). The molecule has 2 atom stereocenters. The summed E-state index contributed by atoms with van der Waals surface area (Å²) in [4.78, 5) is 27.8. The van der Waals surface area contributed by atoms with Crippen molar-refractivity contribution in [3.8, 4) is 12.1 Å². The van der Waals surface area contributed by atoms with E-state index in [4.69, 9.17) is 24.4 Å². The Hall–Kier alpha value is -1.60. The first-order chi connectivity index (χ1) is 14.1.